The normalized spacial score (nSPS) is 11.1. The molecule has 1 unspecified atom stereocenters. The minimum atomic E-state index is -0.947. The number of alkyl carbamates (subject to hydrolysis) is 1. The van der Waals surface area contributed by atoms with E-state index in [1.54, 1.807) is 45.0 Å². The van der Waals surface area contributed by atoms with Crippen LogP contribution in [0, 0.1) is 5.92 Å². The molecule has 0 saturated heterocycles. The van der Waals surface area contributed by atoms with Crippen LogP contribution < -0.4 is 39.6 Å². The Balaban J connectivity index is 0. The van der Waals surface area contributed by atoms with Crippen LogP contribution in [0.5, 0.6) is 5.75 Å². The molecule has 1 rings (SSSR count). The maximum atomic E-state index is 11.7. The molecule has 0 saturated carbocycles. The largest absolute Gasteiger partial charge is 1.00 e. The summed E-state index contributed by atoms with van der Waals surface area (Å²) in [5.41, 5.74) is 0. The average Bonchev–Trinajstić information content (AvgIpc) is 2.60. The number of amides is 1. The van der Waals surface area contributed by atoms with Crippen molar-refractivity contribution in [3.05, 3.63) is 29.3 Å². The van der Waals surface area contributed by atoms with Crippen molar-refractivity contribution in [1.82, 2.24) is 5.32 Å². The van der Waals surface area contributed by atoms with E-state index in [9.17, 15) is 14.4 Å². The molecule has 0 aromatic heterocycles. The first kappa shape index (κ1) is 25.7. The summed E-state index contributed by atoms with van der Waals surface area (Å²) in [5, 5.41) is 3.06. The second-order valence-electron chi connectivity index (χ2n) is 5.82. The SMILES string of the molecule is CCC(=O)OC(OC(=O)NCCCC(=O)Oc1ccc(Cl)cc1)C(C)C.[H-].[Na+]. The zero-order chi connectivity index (χ0) is 19.5. The Morgan fingerprint density at radius 2 is 1.74 bits per heavy atom. The van der Waals surface area contributed by atoms with Gasteiger partial charge in [0.15, 0.2) is 0 Å². The van der Waals surface area contributed by atoms with Crippen LogP contribution in [0.2, 0.25) is 5.02 Å². The van der Waals surface area contributed by atoms with E-state index in [0.29, 0.717) is 17.2 Å². The van der Waals surface area contributed by atoms with Gasteiger partial charge in [-0.2, -0.15) is 0 Å². The van der Waals surface area contributed by atoms with Gasteiger partial charge in [0.05, 0.1) is 0 Å². The molecule has 7 nitrogen and oxygen atoms in total. The Bertz CT molecular complexity index is 615. The van der Waals surface area contributed by atoms with Crippen molar-refractivity contribution in [2.45, 2.75) is 46.3 Å². The first-order chi connectivity index (χ1) is 12.3. The van der Waals surface area contributed by atoms with E-state index in [4.69, 9.17) is 25.8 Å². The summed E-state index contributed by atoms with van der Waals surface area (Å²) < 4.78 is 15.3. The van der Waals surface area contributed by atoms with Gasteiger partial charge in [0.25, 0.3) is 6.29 Å². The van der Waals surface area contributed by atoms with Gasteiger partial charge >= 0.3 is 47.6 Å². The van der Waals surface area contributed by atoms with Crippen LogP contribution in [-0.4, -0.2) is 30.9 Å². The van der Waals surface area contributed by atoms with Crippen LogP contribution in [0.15, 0.2) is 24.3 Å². The van der Waals surface area contributed by atoms with E-state index in [0.717, 1.165) is 0 Å². The Labute approximate surface area is 187 Å². The molecule has 9 heteroatoms. The molecule has 0 spiro atoms. The standard InChI is InChI=1S/C18H24ClNO6.Na.H/c1-4-15(21)25-17(12(2)3)26-18(23)20-11-5-6-16(22)24-14-9-7-13(19)8-10-14;;/h7-10,12,17H,4-6,11H2,1-3H3,(H,20,23);;/q;+1;-1. The number of halogens is 1. The Morgan fingerprint density at radius 3 is 2.30 bits per heavy atom. The van der Waals surface area contributed by atoms with Gasteiger partial charge in [-0.1, -0.05) is 32.4 Å². The molecule has 0 heterocycles. The summed E-state index contributed by atoms with van der Waals surface area (Å²) in [4.78, 5) is 34.8. The maximum Gasteiger partial charge on any atom is 1.00 e. The van der Waals surface area contributed by atoms with Gasteiger partial charge in [0.2, 0.25) is 0 Å². The summed E-state index contributed by atoms with van der Waals surface area (Å²) in [6.45, 7) is 5.42. The molecule has 1 atom stereocenters. The van der Waals surface area contributed by atoms with Gasteiger partial charge in [-0.25, -0.2) is 4.79 Å². The van der Waals surface area contributed by atoms with Crippen molar-refractivity contribution < 1.29 is 59.6 Å². The number of hydrogen-bond acceptors (Lipinski definition) is 6. The quantitative estimate of drug-likeness (QED) is 0.213. The van der Waals surface area contributed by atoms with E-state index in [-0.39, 0.29) is 56.3 Å². The zero-order valence-corrected chi connectivity index (χ0v) is 18.9. The predicted molar refractivity (Wildman–Crippen MR) is 96.9 cm³/mol. The number of carbonyl (C=O) groups is 3. The van der Waals surface area contributed by atoms with Crippen molar-refractivity contribution in [2.24, 2.45) is 5.92 Å². The molecule has 1 amide bonds. The second kappa shape index (κ2) is 13.8. The number of esters is 2. The van der Waals surface area contributed by atoms with Crippen LogP contribution in [0.1, 0.15) is 41.5 Å². The number of ether oxygens (including phenoxy) is 3. The van der Waals surface area contributed by atoms with Crippen molar-refractivity contribution in [1.29, 1.82) is 0 Å². The average molecular weight is 410 g/mol. The van der Waals surface area contributed by atoms with E-state index in [2.05, 4.69) is 5.32 Å². The molecular weight excluding hydrogens is 385 g/mol. The summed E-state index contributed by atoms with van der Waals surface area (Å²) in [6, 6.07) is 6.44. The van der Waals surface area contributed by atoms with Crippen molar-refractivity contribution >= 4 is 29.6 Å². The Morgan fingerprint density at radius 1 is 1.11 bits per heavy atom. The summed E-state index contributed by atoms with van der Waals surface area (Å²) in [7, 11) is 0. The molecule has 27 heavy (non-hydrogen) atoms. The van der Waals surface area contributed by atoms with Gasteiger partial charge in [-0.15, -0.1) is 0 Å². The molecule has 1 aromatic carbocycles. The summed E-state index contributed by atoms with van der Waals surface area (Å²) in [5.74, 6) is -0.629. The van der Waals surface area contributed by atoms with Gasteiger partial charge in [0.1, 0.15) is 5.75 Å². The van der Waals surface area contributed by atoms with E-state index < -0.39 is 24.3 Å². The third-order valence-corrected chi connectivity index (χ3v) is 3.43. The van der Waals surface area contributed by atoms with Crippen LogP contribution in [-0.2, 0) is 19.1 Å². The fourth-order valence-electron chi connectivity index (χ4n) is 1.76. The molecule has 0 aliphatic carbocycles. The Hall–Kier alpha value is -1.28. The zero-order valence-electron chi connectivity index (χ0n) is 17.1. The molecule has 0 fully saturated rings. The number of benzene rings is 1. The van der Waals surface area contributed by atoms with Gasteiger partial charge < -0.3 is 21.0 Å². The Kier molecular flexibility index (Phi) is 13.2. The molecule has 0 aliphatic heterocycles. The third kappa shape index (κ3) is 11.2. The van der Waals surface area contributed by atoms with Crippen LogP contribution in [0.4, 0.5) is 4.79 Å². The number of nitrogens with one attached hydrogen (secondary N) is 1. The van der Waals surface area contributed by atoms with Crippen molar-refractivity contribution in [2.75, 3.05) is 6.54 Å². The third-order valence-electron chi connectivity index (χ3n) is 3.18. The number of rotatable bonds is 9. The van der Waals surface area contributed by atoms with E-state index in [1.165, 1.54) is 0 Å². The molecule has 146 valence electrons. The van der Waals surface area contributed by atoms with Gasteiger partial charge in [-0.3, -0.25) is 9.59 Å². The van der Waals surface area contributed by atoms with Gasteiger partial charge in [-0.05, 0) is 30.7 Å². The molecule has 1 N–H and O–H groups in total. The summed E-state index contributed by atoms with van der Waals surface area (Å²) in [6.07, 6.45) is -0.954. The molecule has 0 bridgehead atoms. The van der Waals surface area contributed by atoms with E-state index >= 15 is 0 Å². The van der Waals surface area contributed by atoms with Gasteiger partial charge in [0, 0.05) is 30.3 Å². The topological polar surface area (TPSA) is 90.9 Å². The smallest absolute Gasteiger partial charge is 1.00 e. The second-order valence-corrected chi connectivity index (χ2v) is 6.26. The number of hydrogen-bond donors (Lipinski definition) is 1. The molecule has 0 radical (unpaired) electrons. The summed E-state index contributed by atoms with van der Waals surface area (Å²) >= 11 is 5.75. The maximum absolute atomic E-state index is 11.7. The molecule has 1 aromatic rings. The van der Waals surface area contributed by atoms with E-state index in [1.807, 2.05) is 0 Å². The first-order valence-corrected chi connectivity index (χ1v) is 8.79. The fourth-order valence-corrected chi connectivity index (χ4v) is 1.89. The minimum absolute atomic E-state index is 0. The van der Waals surface area contributed by atoms with Crippen LogP contribution >= 0.6 is 11.6 Å². The first-order valence-electron chi connectivity index (χ1n) is 8.42. The van der Waals surface area contributed by atoms with Crippen molar-refractivity contribution in [3.63, 3.8) is 0 Å². The number of carbonyl (C=O) groups excluding carboxylic acids is 3. The molecular formula is C18H25ClNNaO6. The van der Waals surface area contributed by atoms with Crippen molar-refractivity contribution in [3.8, 4) is 5.75 Å². The monoisotopic (exact) mass is 409 g/mol. The van der Waals surface area contributed by atoms with Crippen LogP contribution in [0.3, 0.4) is 0 Å². The fraction of sp³-hybridized carbons (Fsp3) is 0.500. The van der Waals surface area contributed by atoms with Crippen LogP contribution in [0.25, 0.3) is 0 Å². The predicted octanol–water partition coefficient (Wildman–Crippen LogP) is 0.804. The molecule has 0 aliphatic rings. The minimum Gasteiger partial charge on any atom is -1.00 e.